The van der Waals surface area contributed by atoms with E-state index in [1.54, 1.807) is 0 Å². The van der Waals surface area contributed by atoms with Crippen molar-refractivity contribution in [3.8, 4) is 0 Å². The number of aliphatic hydroxyl groups excluding tert-OH is 1. The molecule has 2 fully saturated rings. The lowest BCUT2D eigenvalue weighted by atomic mass is 9.75. The molecule has 0 spiro atoms. The van der Waals surface area contributed by atoms with Crippen LogP contribution >= 0.6 is 12.2 Å². The fraction of sp³-hybridized carbons (Fsp3) is 0.947. The van der Waals surface area contributed by atoms with Gasteiger partial charge in [-0.2, -0.15) is 0 Å². The van der Waals surface area contributed by atoms with Gasteiger partial charge in [0.1, 0.15) is 6.23 Å². The first kappa shape index (κ1) is 19.9. The summed E-state index contributed by atoms with van der Waals surface area (Å²) in [5.41, 5.74) is 0.00547. The molecular weight excluding hydrogens is 318 g/mol. The van der Waals surface area contributed by atoms with Crippen molar-refractivity contribution in [2.45, 2.75) is 83.9 Å². The molecule has 2 aliphatic rings. The monoisotopic (exact) mass is 355 g/mol. The molecule has 2 rings (SSSR count). The number of hydrogen-bond acceptors (Lipinski definition) is 3. The highest BCUT2D eigenvalue weighted by atomic mass is 32.1. The van der Waals surface area contributed by atoms with Crippen LogP contribution in [0.1, 0.15) is 72.1 Å². The lowest BCUT2D eigenvalue weighted by molar-refractivity contribution is -0.0480. The Balaban J connectivity index is 1.56. The predicted octanol–water partition coefficient (Wildman–Crippen LogP) is 3.25. The van der Waals surface area contributed by atoms with Crippen LogP contribution in [-0.2, 0) is 0 Å². The van der Waals surface area contributed by atoms with Gasteiger partial charge in [0.25, 0.3) is 0 Å². The minimum Gasteiger partial charge on any atom is -0.378 e. The standard InChI is InChI=1S/C19H37N3OS/c1-19(2,3)21-18(24)20-12-7-6-10-17(23)22-13-11-15-8-4-5-9-16(15)14-22/h15-17,23H,4-14H2,1-3H3,(H2,20,21,24). The summed E-state index contributed by atoms with van der Waals surface area (Å²) < 4.78 is 0. The van der Waals surface area contributed by atoms with Crippen molar-refractivity contribution in [1.29, 1.82) is 0 Å². The maximum absolute atomic E-state index is 10.5. The van der Waals surface area contributed by atoms with Gasteiger partial charge in [0.05, 0.1) is 0 Å². The van der Waals surface area contributed by atoms with E-state index in [4.69, 9.17) is 12.2 Å². The van der Waals surface area contributed by atoms with Crippen LogP contribution in [0.15, 0.2) is 0 Å². The third kappa shape index (κ3) is 6.85. The summed E-state index contributed by atoms with van der Waals surface area (Å²) in [7, 11) is 0. The topological polar surface area (TPSA) is 47.5 Å². The second-order valence-electron chi connectivity index (χ2n) is 8.70. The van der Waals surface area contributed by atoms with Gasteiger partial charge in [0.2, 0.25) is 0 Å². The van der Waals surface area contributed by atoms with E-state index in [9.17, 15) is 5.11 Å². The first-order valence-electron chi connectivity index (χ1n) is 9.83. The average Bonchev–Trinajstić information content (AvgIpc) is 2.52. The van der Waals surface area contributed by atoms with Gasteiger partial charge in [-0.05, 0) is 76.9 Å². The molecule has 1 heterocycles. The Kier molecular flexibility index (Phi) is 7.76. The maximum Gasteiger partial charge on any atom is 0.166 e. The highest BCUT2D eigenvalue weighted by Gasteiger charge is 2.32. The lowest BCUT2D eigenvalue weighted by Crippen LogP contribution is -2.47. The van der Waals surface area contributed by atoms with E-state index in [0.717, 1.165) is 55.8 Å². The molecule has 0 aromatic heterocycles. The first-order valence-corrected chi connectivity index (χ1v) is 10.2. The van der Waals surface area contributed by atoms with Crippen LogP contribution in [0.5, 0.6) is 0 Å². The minimum absolute atomic E-state index is 0.00547. The van der Waals surface area contributed by atoms with E-state index in [0.29, 0.717) is 0 Å². The quantitative estimate of drug-likeness (QED) is 0.504. The lowest BCUT2D eigenvalue weighted by Gasteiger charge is -2.43. The fourth-order valence-electron chi connectivity index (χ4n) is 4.12. The van der Waals surface area contributed by atoms with Crippen LogP contribution in [0.2, 0.25) is 0 Å². The van der Waals surface area contributed by atoms with E-state index in [2.05, 4.69) is 36.3 Å². The van der Waals surface area contributed by atoms with Crippen molar-refractivity contribution < 1.29 is 5.11 Å². The number of unbranched alkanes of at least 4 members (excludes halogenated alkanes) is 1. The maximum atomic E-state index is 10.5. The Bertz CT molecular complexity index is 397. The zero-order valence-corrected chi connectivity index (χ0v) is 16.6. The number of rotatable bonds is 6. The number of thiocarbonyl (C=S) groups is 1. The van der Waals surface area contributed by atoms with E-state index >= 15 is 0 Å². The van der Waals surface area contributed by atoms with Crippen molar-refractivity contribution in [2.75, 3.05) is 19.6 Å². The number of nitrogens with zero attached hydrogens (tertiary/aromatic N) is 1. The van der Waals surface area contributed by atoms with Crippen molar-refractivity contribution in [1.82, 2.24) is 15.5 Å². The molecule has 3 atom stereocenters. The van der Waals surface area contributed by atoms with Crippen molar-refractivity contribution in [3.05, 3.63) is 0 Å². The number of aliphatic hydroxyl groups is 1. The van der Waals surface area contributed by atoms with Crippen molar-refractivity contribution >= 4 is 17.3 Å². The molecule has 3 N–H and O–H groups in total. The van der Waals surface area contributed by atoms with Crippen LogP contribution < -0.4 is 10.6 Å². The number of hydrogen-bond donors (Lipinski definition) is 3. The normalized spacial score (nSPS) is 26.5. The Morgan fingerprint density at radius 2 is 1.88 bits per heavy atom. The molecule has 1 saturated heterocycles. The second-order valence-corrected chi connectivity index (χ2v) is 9.10. The van der Waals surface area contributed by atoms with Gasteiger partial charge in [-0.15, -0.1) is 0 Å². The molecule has 0 aromatic rings. The minimum atomic E-state index is -0.257. The van der Waals surface area contributed by atoms with Crippen LogP contribution in [-0.4, -0.2) is 46.5 Å². The van der Waals surface area contributed by atoms with Gasteiger partial charge in [-0.3, -0.25) is 4.90 Å². The Morgan fingerprint density at radius 3 is 2.58 bits per heavy atom. The van der Waals surface area contributed by atoms with E-state index in [1.807, 2.05) is 0 Å². The zero-order chi connectivity index (χ0) is 17.6. The number of fused-ring (bicyclic) bond motifs is 1. The zero-order valence-electron chi connectivity index (χ0n) is 15.8. The largest absolute Gasteiger partial charge is 0.378 e. The summed E-state index contributed by atoms with van der Waals surface area (Å²) in [6.07, 6.45) is 9.59. The summed E-state index contributed by atoms with van der Waals surface area (Å²) in [5.74, 6) is 1.77. The molecule has 4 nitrogen and oxygen atoms in total. The van der Waals surface area contributed by atoms with E-state index in [-0.39, 0.29) is 11.8 Å². The van der Waals surface area contributed by atoms with Crippen LogP contribution in [0.4, 0.5) is 0 Å². The Morgan fingerprint density at radius 1 is 1.17 bits per heavy atom. The van der Waals surface area contributed by atoms with Gasteiger partial charge < -0.3 is 15.7 Å². The molecule has 0 bridgehead atoms. The second kappa shape index (κ2) is 9.35. The third-order valence-corrected chi connectivity index (χ3v) is 5.65. The SMILES string of the molecule is CC(C)(C)NC(=S)NCCCCC(O)N1CCC2CCCCC2C1. The molecular formula is C19H37N3OS. The molecule has 0 radical (unpaired) electrons. The van der Waals surface area contributed by atoms with Gasteiger partial charge in [0, 0.05) is 25.2 Å². The first-order chi connectivity index (χ1) is 11.3. The molecule has 1 aliphatic heterocycles. The van der Waals surface area contributed by atoms with E-state index < -0.39 is 0 Å². The van der Waals surface area contributed by atoms with Crippen LogP contribution in [0, 0.1) is 11.8 Å². The summed E-state index contributed by atoms with van der Waals surface area (Å²) in [6, 6.07) is 0. The summed E-state index contributed by atoms with van der Waals surface area (Å²) in [6.45, 7) is 9.38. The summed E-state index contributed by atoms with van der Waals surface area (Å²) >= 11 is 5.28. The Labute approximate surface area is 153 Å². The van der Waals surface area contributed by atoms with Crippen LogP contribution in [0.3, 0.4) is 0 Å². The van der Waals surface area contributed by atoms with Gasteiger partial charge >= 0.3 is 0 Å². The van der Waals surface area contributed by atoms with Gasteiger partial charge in [-0.25, -0.2) is 0 Å². The molecule has 0 aromatic carbocycles. The molecule has 5 heteroatoms. The molecule has 24 heavy (non-hydrogen) atoms. The summed E-state index contributed by atoms with van der Waals surface area (Å²) in [4.78, 5) is 2.33. The molecule has 0 amide bonds. The molecule has 3 unspecified atom stereocenters. The van der Waals surface area contributed by atoms with Gasteiger partial charge in [-0.1, -0.05) is 19.3 Å². The number of nitrogens with one attached hydrogen (secondary N) is 2. The predicted molar refractivity (Wildman–Crippen MR) is 105 cm³/mol. The molecule has 1 saturated carbocycles. The molecule has 1 aliphatic carbocycles. The highest BCUT2D eigenvalue weighted by molar-refractivity contribution is 7.80. The Hall–Kier alpha value is -0.390. The summed E-state index contributed by atoms with van der Waals surface area (Å²) in [5, 5.41) is 17.7. The number of likely N-dealkylation sites (tertiary alicyclic amines) is 1. The highest BCUT2D eigenvalue weighted by Crippen LogP contribution is 2.36. The van der Waals surface area contributed by atoms with Crippen LogP contribution in [0.25, 0.3) is 0 Å². The smallest absolute Gasteiger partial charge is 0.166 e. The number of piperidine rings is 1. The average molecular weight is 356 g/mol. The van der Waals surface area contributed by atoms with Crippen molar-refractivity contribution in [3.63, 3.8) is 0 Å². The van der Waals surface area contributed by atoms with Gasteiger partial charge in [0.15, 0.2) is 5.11 Å². The van der Waals surface area contributed by atoms with Crippen molar-refractivity contribution in [2.24, 2.45) is 11.8 Å². The fourth-order valence-corrected chi connectivity index (χ4v) is 4.53. The molecule has 140 valence electrons. The van der Waals surface area contributed by atoms with E-state index in [1.165, 1.54) is 32.1 Å². The third-order valence-electron chi connectivity index (χ3n) is 5.41.